The fraction of sp³-hybridized carbons (Fsp3) is 0.455. The summed E-state index contributed by atoms with van der Waals surface area (Å²) in [6.07, 6.45) is 8.30. The van der Waals surface area contributed by atoms with Crippen LogP contribution in [0.25, 0.3) is 0 Å². The zero-order valence-corrected chi connectivity index (χ0v) is 15.2. The van der Waals surface area contributed by atoms with E-state index in [0.29, 0.717) is 12.0 Å². The molecule has 1 aliphatic rings. The molecule has 3 rings (SSSR count). The van der Waals surface area contributed by atoms with E-state index in [0.717, 1.165) is 36.3 Å². The standard InChI is InChI=1S/C22H25F3O/c1-2-3-4-5-6-7-15-8-10-20-16(12-15)9-11-21(26-20)17-13-18(23)22(25)19(24)14-17/h8,10,12-14,21H,2-7,9,11H2,1H3. The molecule has 0 radical (unpaired) electrons. The van der Waals surface area contributed by atoms with Crippen molar-refractivity contribution < 1.29 is 17.9 Å². The molecule has 1 atom stereocenters. The van der Waals surface area contributed by atoms with Crippen LogP contribution in [0.4, 0.5) is 13.2 Å². The second kappa shape index (κ2) is 8.61. The fourth-order valence-electron chi connectivity index (χ4n) is 3.53. The zero-order chi connectivity index (χ0) is 18.5. The quantitative estimate of drug-likeness (QED) is 0.394. The van der Waals surface area contributed by atoms with Crippen LogP contribution >= 0.6 is 0 Å². The Morgan fingerprint density at radius 1 is 0.962 bits per heavy atom. The van der Waals surface area contributed by atoms with E-state index in [1.807, 2.05) is 6.07 Å². The molecule has 0 saturated carbocycles. The molecule has 26 heavy (non-hydrogen) atoms. The van der Waals surface area contributed by atoms with E-state index >= 15 is 0 Å². The number of fused-ring (bicyclic) bond motifs is 1. The highest BCUT2D eigenvalue weighted by molar-refractivity contribution is 5.40. The van der Waals surface area contributed by atoms with Crippen molar-refractivity contribution in [3.05, 3.63) is 64.5 Å². The lowest BCUT2D eigenvalue weighted by molar-refractivity contribution is 0.175. The molecule has 0 saturated heterocycles. The molecule has 0 amide bonds. The van der Waals surface area contributed by atoms with Crippen LogP contribution < -0.4 is 4.74 Å². The summed E-state index contributed by atoms with van der Waals surface area (Å²) in [6.45, 7) is 2.21. The molecule has 0 aromatic heterocycles. The molecule has 0 spiro atoms. The molecule has 1 nitrogen and oxygen atoms in total. The molecule has 1 unspecified atom stereocenters. The first-order valence-electron chi connectivity index (χ1n) is 9.51. The van der Waals surface area contributed by atoms with E-state index in [-0.39, 0.29) is 0 Å². The topological polar surface area (TPSA) is 9.23 Å². The van der Waals surface area contributed by atoms with E-state index in [9.17, 15) is 13.2 Å². The molecule has 140 valence electrons. The third kappa shape index (κ3) is 4.40. The predicted molar refractivity (Wildman–Crippen MR) is 96.9 cm³/mol. The highest BCUT2D eigenvalue weighted by Crippen LogP contribution is 2.36. The summed E-state index contributed by atoms with van der Waals surface area (Å²) in [5.74, 6) is -3.03. The minimum absolute atomic E-state index is 0.340. The Hall–Kier alpha value is -1.97. The Labute approximate surface area is 153 Å². The Balaban J connectivity index is 1.64. The van der Waals surface area contributed by atoms with E-state index in [2.05, 4.69) is 19.1 Å². The van der Waals surface area contributed by atoms with Crippen molar-refractivity contribution in [1.29, 1.82) is 0 Å². The summed E-state index contributed by atoms with van der Waals surface area (Å²) in [5.41, 5.74) is 2.78. The summed E-state index contributed by atoms with van der Waals surface area (Å²) in [6, 6.07) is 8.24. The number of halogens is 3. The molecule has 0 N–H and O–H groups in total. The Morgan fingerprint density at radius 2 is 1.69 bits per heavy atom. The minimum Gasteiger partial charge on any atom is -0.485 e. The summed E-state index contributed by atoms with van der Waals surface area (Å²) < 4.78 is 46.0. The number of ether oxygens (including phenoxy) is 1. The van der Waals surface area contributed by atoms with Gasteiger partial charge in [-0.2, -0.15) is 0 Å². The van der Waals surface area contributed by atoms with E-state index in [4.69, 9.17) is 4.74 Å². The number of rotatable bonds is 7. The van der Waals surface area contributed by atoms with Crippen LogP contribution in [0.1, 0.15) is 68.2 Å². The summed E-state index contributed by atoms with van der Waals surface area (Å²) in [4.78, 5) is 0. The molecular weight excluding hydrogens is 337 g/mol. The van der Waals surface area contributed by atoms with Crippen LogP contribution in [-0.2, 0) is 12.8 Å². The Bertz CT molecular complexity index is 734. The smallest absolute Gasteiger partial charge is 0.194 e. The normalized spacial score (nSPS) is 16.2. The maximum atomic E-state index is 13.5. The maximum Gasteiger partial charge on any atom is 0.194 e. The van der Waals surface area contributed by atoms with Gasteiger partial charge in [-0.1, -0.05) is 44.7 Å². The molecule has 1 aliphatic heterocycles. The van der Waals surface area contributed by atoms with Gasteiger partial charge in [0.25, 0.3) is 0 Å². The Kier molecular flexibility index (Phi) is 6.23. The lowest BCUT2D eigenvalue weighted by Gasteiger charge is -2.27. The first-order chi connectivity index (χ1) is 12.6. The second-order valence-electron chi connectivity index (χ2n) is 7.05. The largest absolute Gasteiger partial charge is 0.485 e. The van der Waals surface area contributed by atoms with Crippen molar-refractivity contribution in [2.75, 3.05) is 0 Å². The van der Waals surface area contributed by atoms with E-state index in [1.165, 1.54) is 37.7 Å². The van der Waals surface area contributed by atoms with Crippen molar-refractivity contribution in [1.82, 2.24) is 0 Å². The van der Waals surface area contributed by atoms with Crippen molar-refractivity contribution in [2.24, 2.45) is 0 Å². The van der Waals surface area contributed by atoms with Gasteiger partial charge in [-0.15, -0.1) is 0 Å². The molecule has 2 aromatic carbocycles. The average molecular weight is 362 g/mol. The number of hydrogen-bond donors (Lipinski definition) is 0. The summed E-state index contributed by atoms with van der Waals surface area (Å²) >= 11 is 0. The third-order valence-corrected chi connectivity index (χ3v) is 5.02. The van der Waals surface area contributed by atoms with Gasteiger partial charge in [-0.05, 0) is 60.6 Å². The first kappa shape index (κ1) is 18.8. The molecule has 0 fully saturated rings. The van der Waals surface area contributed by atoms with Crippen molar-refractivity contribution >= 4 is 0 Å². The van der Waals surface area contributed by atoms with E-state index < -0.39 is 23.6 Å². The second-order valence-corrected chi connectivity index (χ2v) is 7.05. The number of unbranched alkanes of at least 4 members (excludes halogenated alkanes) is 4. The zero-order valence-electron chi connectivity index (χ0n) is 15.2. The van der Waals surface area contributed by atoms with Crippen LogP contribution in [0.5, 0.6) is 5.75 Å². The van der Waals surface area contributed by atoms with Gasteiger partial charge in [0.05, 0.1) is 0 Å². The monoisotopic (exact) mass is 362 g/mol. The fourth-order valence-corrected chi connectivity index (χ4v) is 3.53. The van der Waals surface area contributed by atoms with E-state index in [1.54, 1.807) is 0 Å². The third-order valence-electron chi connectivity index (χ3n) is 5.02. The van der Waals surface area contributed by atoms with Gasteiger partial charge in [0.2, 0.25) is 0 Å². The van der Waals surface area contributed by atoms with Gasteiger partial charge in [-0.25, -0.2) is 13.2 Å². The van der Waals surface area contributed by atoms with Crippen molar-refractivity contribution in [3.8, 4) is 5.75 Å². The predicted octanol–water partition coefficient (Wildman–Crippen LogP) is 6.68. The van der Waals surface area contributed by atoms with Gasteiger partial charge in [0, 0.05) is 0 Å². The lowest BCUT2D eigenvalue weighted by atomic mass is 9.95. The highest BCUT2D eigenvalue weighted by atomic mass is 19.2. The molecule has 0 bridgehead atoms. The van der Waals surface area contributed by atoms with Gasteiger partial charge < -0.3 is 4.74 Å². The summed E-state index contributed by atoms with van der Waals surface area (Å²) in [7, 11) is 0. The SMILES string of the molecule is CCCCCCCc1ccc2c(c1)CCC(c1cc(F)c(F)c(F)c1)O2. The van der Waals surface area contributed by atoms with Gasteiger partial charge in [-0.3, -0.25) is 0 Å². The highest BCUT2D eigenvalue weighted by Gasteiger charge is 2.24. The van der Waals surface area contributed by atoms with Gasteiger partial charge in [0.1, 0.15) is 11.9 Å². The number of hydrogen-bond acceptors (Lipinski definition) is 1. The van der Waals surface area contributed by atoms with Crippen LogP contribution in [0.15, 0.2) is 30.3 Å². The van der Waals surface area contributed by atoms with Crippen LogP contribution in [0.2, 0.25) is 0 Å². The molecule has 4 heteroatoms. The van der Waals surface area contributed by atoms with Gasteiger partial charge in [0.15, 0.2) is 17.5 Å². The summed E-state index contributed by atoms with van der Waals surface area (Å²) in [5, 5.41) is 0. The molecule has 1 heterocycles. The molecular formula is C22H25F3O. The van der Waals surface area contributed by atoms with Gasteiger partial charge >= 0.3 is 0 Å². The first-order valence-corrected chi connectivity index (χ1v) is 9.51. The number of aryl methyl sites for hydroxylation is 2. The molecule has 2 aromatic rings. The van der Waals surface area contributed by atoms with Crippen LogP contribution in [0.3, 0.4) is 0 Å². The average Bonchev–Trinajstić information content (AvgIpc) is 2.65. The molecule has 0 aliphatic carbocycles. The van der Waals surface area contributed by atoms with Crippen LogP contribution in [-0.4, -0.2) is 0 Å². The van der Waals surface area contributed by atoms with Crippen LogP contribution in [0, 0.1) is 17.5 Å². The Morgan fingerprint density at radius 3 is 2.42 bits per heavy atom. The number of benzene rings is 2. The lowest BCUT2D eigenvalue weighted by Crippen LogP contribution is -2.16. The minimum atomic E-state index is -1.44. The van der Waals surface area contributed by atoms with Crippen molar-refractivity contribution in [3.63, 3.8) is 0 Å². The van der Waals surface area contributed by atoms with Crippen molar-refractivity contribution in [2.45, 2.75) is 64.4 Å². The maximum absolute atomic E-state index is 13.5.